The zero-order valence-corrected chi connectivity index (χ0v) is 15.0. The maximum atomic E-state index is 13.7. The molecule has 1 fully saturated rings. The third-order valence-corrected chi connectivity index (χ3v) is 5.57. The second-order valence-corrected chi connectivity index (χ2v) is 7.21. The minimum Gasteiger partial charge on any atom is -0.335 e. The summed E-state index contributed by atoms with van der Waals surface area (Å²) in [5.41, 5.74) is 3.65. The molecule has 1 saturated heterocycles. The number of carbonyl (C=O) groups is 1. The molecule has 26 heavy (non-hydrogen) atoms. The highest BCUT2D eigenvalue weighted by Gasteiger charge is 2.27. The van der Waals surface area contributed by atoms with Crippen LogP contribution in [0.1, 0.15) is 40.2 Å². The van der Waals surface area contributed by atoms with E-state index in [1.54, 1.807) is 6.07 Å². The highest BCUT2D eigenvalue weighted by molar-refractivity contribution is 5.94. The fraction of sp³-hybridized carbons (Fsp3) is 0.500. The normalized spacial score (nSPS) is 18.0. The van der Waals surface area contributed by atoms with Gasteiger partial charge in [-0.25, -0.2) is 4.39 Å². The van der Waals surface area contributed by atoms with E-state index in [0.717, 1.165) is 55.7 Å². The van der Waals surface area contributed by atoms with Crippen molar-refractivity contribution in [1.82, 2.24) is 20.0 Å². The summed E-state index contributed by atoms with van der Waals surface area (Å²) in [6.07, 6.45) is 4.96. The van der Waals surface area contributed by atoms with E-state index in [1.807, 2.05) is 17.0 Å². The van der Waals surface area contributed by atoms with Crippen LogP contribution in [0.3, 0.4) is 0 Å². The SMILES string of the molecule is O=C(c1n[nH]c2c1CCCC2)N1CCN(CCc2ccccc2F)CC1. The summed E-state index contributed by atoms with van der Waals surface area (Å²) in [6.45, 7) is 3.88. The Bertz CT molecular complexity index is 780. The lowest BCUT2D eigenvalue weighted by molar-refractivity contribution is 0.0631. The monoisotopic (exact) mass is 356 g/mol. The molecule has 138 valence electrons. The largest absolute Gasteiger partial charge is 0.335 e. The number of benzene rings is 1. The third-order valence-electron chi connectivity index (χ3n) is 5.57. The molecule has 1 aliphatic heterocycles. The van der Waals surface area contributed by atoms with Gasteiger partial charge in [0.1, 0.15) is 5.82 Å². The van der Waals surface area contributed by atoms with Gasteiger partial charge in [-0.15, -0.1) is 0 Å². The van der Waals surface area contributed by atoms with Gasteiger partial charge in [0.15, 0.2) is 5.69 Å². The molecule has 0 spiro atoms. The van der Waals surface area contributed by atoms with E-state index < -0.39 is 0 Å². The molecule has 1 N–H and O–H groups in total. The molecule has 4 rings (SSSR count). The Kier molecular flexibility index (Phi) is 5.02. The molecule has 1 amide bonds. The summed E-state index contributed by atoms with van der Waals surface area (Å²) < 4.78 is 13.7. The topological polar surface area (TPSA) is 52.2 Å². The number of H-pyrrole nitrogens is 1. The molecule has 5 nitrogen and oxygen atoms in total. The minimum atomic E-state index is -0.135. The standard InChI is InChI=1S/C20H25FN4O/c21-17-7-3-1-5-15(17)9-10-24-11-13-25(14-12-24)20(26)19-16-6-2-4-8-18(16)22-23-19/h1,3,5,7H,2,4,6,8-14H2,(H,22,23). The smallest absolute Gasteiger partial charge is 0.274 e. The Morgan fingerprint density at radius 1 is 1.12 bits per heavy atom. The molecule has 1 aromatic heterocycles. The van der Waals surface area contributed by atoms with Crippen molar-refractivity contribution in [2.24, 2.45) is 0 Å². The maximum Gasteiger partial charge on any atom is 0.274 e. The number of nitrogens with one attached hydrogen (secondary N) is 1. The Morgan fingerprint density at radius 3 is 2.69 bits per heavy atom. The molecule has 0 unspecified atom stereocenters. The van der Waals surface area contributed by atoms with Crippen molar-refractivity contribution in [3.05, 3.63) is 52.6 Å². The van der Waals surface area contributed by atoms with Gasteiger partial charge in [-0.2, -0.15) is 5.10 Å². The molecule has 0 radical (unpaired) electrons. The van der Waals surface area contributed by atoms with Crippen molar-refractivity contribution in [2.75, 3.05) is 32.7 Å². The lowest BCUT2D eigenvalue weighted by Crippen LogP contribution is -2.49. The minimum absolute atomic E-state index is 0.0538. The molecule has 1 aromatic carbocycles. The predicted molar refractivity (Wildman–Crippen MR) is 97.7 cm³/mol. The van der Waals surface area contributed by atoms with E-state index in [2.05, 4.69) is 15.1 Å². The van der Waals surface area contributed by atoms with Crippen molar-refractivity contribution in [3.8, 4) is 0 Å². The van der Waals surface area contributed by atoms with Gasteiger partial charge in [0.05, 0.1) is 0 Å². The summed E-state index contributed by atoms with van der Waals surface area (Å²) in [5, 5.41) is 7.36. The van der Waals surface area contributed by atoms with E-state index in [4.69, 9.17) is 0 Å². The third kappa shape index (κ3) is 3.51. The van der Waals surface area contributed by atoms with E-state index in [-0.39, 0.29) is 11.7 Å². The van der Waals surface area contributed by atoms with Crippen LogP contribution in [0, 0.1) is 5.82 Å². The first-order valence-electron chi connectivity index (χ1n) is 9.53. The number of piperazine rings is 1. The molecule has 2 aliphatic rings. The number of hydrogen-bond acceptors (Lipinski definition) is 3. The molecule has 0 atom stereocenters. The van der Waals surface area contributed by atoms with Crippen LogP contribution >= 0.6 is 0 Å². The Hall–Kier alpha value is -2.21. The average molecular weight is 356 g/mol. The highest BCUT2D eigenvalue weighted by atomic mass is 19.1. The van der Waals surface area contributed by atoms with Gasteiger partial charge < -0.3 is 4.90 Å². The lowest BCUT2D eigenvalue weighted by Gasteiger charge is -2.34. The van der Waals surface area contributed by atoms with Crippen molar-refractivity contribution in [3.63, 3.8) is 0 Å². The molecule has 0 bridgehead atoms. The number of halogens is 1. The zero-order chi connectivity index (χ0) is 17.9. The second-order valence-electron chi connectivity index (χ2n) is 7.21. The summed E-state index contributed by atoms with van der Waals surface area (Å²) >= 11 is 0. The van der Waals surface area contributed by atoms with Crippen LogP contribution in [0.5, 0.6) is 0 Å². The summed E-state index contributed by atoms with van der Waals surface area (Å²) in [5.74, 6) is -0.0808. The Balaban J connectivity index is 1.31. The van der Waals surface area contributed by atoms with Crippen molar-refractivity contribution < 1.29 is 9.18 Å². The number of hydrogen-bond donors (Lipinski definition) is 1. The predicted octanol–water partition coefficient (Wildman–Crippen LogP) is 2.43. The number of amides is 1. The molecular weight excluding hydrogens is 331 g/mol. The van der Waals surface area contributed by atoms with Crippen molar-refractivity contribution in [1.29, 1.82) is 0 Å². The number of carbonyl (C=O) groups excluding carboxylic acids is 1. The van der Waals surface area contributed by atoms with Crippen LogP contribution in [0.4, 0.5) is 4.39 Å². The van der Waals surface area contributed by atoms with Gasteiger partial charge in [-0.3, -0.25) is 14.8 Å². The van der Waals surface area contributed by atoms with Gasteiger partial charge in [-0.05, 0) is 43.7 Å². The van der Waals surface area contributed by atoms with Gasteiger partial charge in [0.2, 0.25) is 0 Å². The van der Waals surface area contributed by atoms with Crippen LogP contribution in [0.15, 0.2) is 24.3 Å². The summed E-state index contributed by atoms with van der Waals surface area (Å²) in [4.78, 5) is 17.0. The molecule has 6 heteroatoms. The number of aromatic nitrogens is 2. The van der Waals surface area contributed by atoms with E-state index in [1.165, 1.54) is 12.5 Å². The molecule has 1 aliphatic carbocycles. The Morgan fingerprint density at radius 2 is 1.88 bits per heavy atom. The number of rotatable bonds is 4. The molecule has 2 heterocycles. The van der Waals surface area contributed by atoms with Crippen molar-refractivity contribution in [2.45, 2.75) is 32.1 Å². The molecule has 2 aromatic rings. The summed E-state index contributed by atoms with van der Waals surface area (Å²) in [7, 11) is 0. The number of aryl methyl sites for hydroxylation is 1. The first-order chi connectivity index (χ1) is 12.7. The van der Waals surface area contributed by atoms with Gasteiger partial charge in [0.25, 0.3) is 5.91 Å². The highest BCUT2D eigenvalue weighted by Crippen LogP contribution is 2.23. The number of fused-ring (bicyclic) bond motifs is 1. The summed E-state index contributed by atoms with van der Waals surface area (Å²) in [6, 6.07) is 6.95. The molecule has 0 saturated carbocycles. The number of aromatic amines is 1. The zero-order valence-electron chi connectivity index (χ0n) is 15.0. The average Bonchev–Trinajstić information content (AvgIpc) is 3.11. The van der Waals surface area contributed by atoms with E-state index >= 15 is 0 Å². The van der Waals surface area contributed by atoms with Crippen LogP contribution in [-0.2, 0) is 19.3 Å². The first-order valence-corrected chi connectivity index (χ1v) is 9.53. The fourth-order valence-electron chi connectivity index (χ4n) is 3.96. The van der Waals surface area contributed by atoms with Gasteiger partial charge in [0, 0.05) is 44.0 Å². The molecular formula is C20H25FN4O. The quantitative estimate of drug-likeness (QED) is 0.915. The van der Waals surface area contributed by atoms with Crippen LogP contribution in [0.25, 0.3) is 0 Å². The van der Waals surface area contributed by atoms with Gasteiger partial charge in [-0.1, -0.05) is 18.2 Å². The van der Waals surface area contributed by atoms with Gasteiger partial charge >= 0.3 is 0 Å². The fourth-order valence-corrected chi connectivity index (χ4v) is 3.96. The maximum absolute atomic E-state index is 13.7. The number of nitrogens with zero attached hydrogens (tertiary/aromatic N) is 3. The van der Waals surface area contributed by atoms with E-state index in [9.17, 15) is 9.18 Å². The van der Waals surface area contributed by atoms with Crippen LogP contribution in [0.2, 0.25) is 0 Å². The second kappa shape index (κ2) is 7.58. The van der Waals surface area contributed by atoms with E-state index in [0.29, 0.717) is 25.2 Å². The Labute approximate surface area is 153 Å². The van der Waals surface area contributed by atoms with Crippen molar-refractivity contribution >= 4 is 5.91 Å². The van der Waals surface area contributed by atoms with Crippen LogP contribution in [-0.4, -0.2) is 58.6 Å². The first kappa shape index (κ1) is 17.2. The lowest BCUT2D eigenvalue weighted by atomic mass is 9.95. The van der Waals surface area contributed by atoms with Crippen LogP contribution < -0.4 is 0 Å².